The molecule has 1 aliphatic carbocycles. The van der Waals surface area contributed by atoms with E-state index in [1.54, 1.807) is 18.2 Å². The maximum atomic E-state index is 12.6. The Balaban J connectivity index is 1.68. The molecule has 1 aromatic carbocycles. The van der Waals surface area contributed by atoms with Crippen LogP contribution >= 0.6 is 0 Å². The minimum atomic E-state index is -3.81. The van der Waals surface area contributed by atoms with Gasteiger partial charge in [-0.25, -0.2) is 18.4 Å². The molecule has 1 atom stereocenters. The molecule has 0 radical (unpaired) electrons. The van der Waals surface area contributed by atoms with Gasteiger partial charge in [-0.2, -0.15) is 0 Å². The molecule has 3 rings (SSSR count). The van der Waals surface area contributed by atoms with E-state index in [4.69, 9.17) is 5.14 Å². The van der Waals surface area contributed by atoms with E-state index >= 15 is 0 Å². The van der Waals surface area contributed by atoms with Crippen molar-refractivity contribution < 1.29 is 13.2 Å². The summed E-state index contributed by atoms with van der Waals surface area (Å²) in [7, 11) is -3.81. The van der Waals surface area contributed by atoms with Crippen molar-refractivity contribution in [1.29, 1.82) is 0 Å². The molecule has 0 aromatic heterocycles. The molecule has 7 heteroatoms. The molecular weight excluding hydrogens is 338 g/mol. The van der Waals surface area contributed by atoms with Crippen molar-refractivity contribution in [1.82, 2.24) is 10.2 Å². The second-order valence-corrected chi connectivity index (χ2v) is 8.90. The van der Waals surface area contributed by atoms with Gasteiger partial charge >= 0.3 is 6.03 Å². The van der Waals surface area contributed by atoms with Gasteiger partial charge in [0.15, 0.2) is 0 Å². The van der Waals surface area contributed by atoms with E-state index in [0.717, 1.165) is 19.4 Å². The van der Waals surface area contributed by atoms with Crippen molar-refractivity contribution >= 4 is 16.1 Å². The van der Waals surface area contributed by atoms with Crippen LogP contribution in [0, 0.1) is 11.3 Å². The standard InChI is InChI=1S/C18H25N3O3S/c1-13(2)16-18(9-5-6-10-18)12-21(16)17(22)20-11-14-7-3-4-8-15(14)25(19,23)24/h3-8,13,16H,9-12H2,1-2H3,(H,20,22)(H2,19,23,24). The number of urea groups is 1. The Morgan fingerprint density at radius 3 is 2.56 bits per heavy atom. The molecule has 0 saturated carbocycles. The Morgan fingerprint density at radius 1 is 1.32 bits per heavy atom. The summed E-state index contributed by atoms with van der Waals surface area (Å²) < 4.78 is 23.3. The van der Waals surface area contributed by atoms with E-state index in [2.05, 4.69) is 31.3 Å². The fraction of sp³-hybridized carbons (Fsp3) is 0.500. The highest BCUT2D eigenvalue weighted by Gasteiger charge is 2.55. The van der Waals surface area contributed by atoms with E-state index < -0.39 is 10.0 Å². The predicted octanol–water partition coefficient (Wildman–Crippen LogP) is 2.22. The molecule has 136 valence electrons. The Kier molecular flexibility index (Phi) is 4.64. The smallest absolute Gasteiger partial charge is 0.317 e. The summed E-state index contributed by atoms with van der Waals surface area (Å²) in [5.74, 6) is 0.371. The van der Waals surface area contributed by atoms with Crippen molar-refractivity contribution in [3.05, 3.63) is 42.0 Å². The lowest BCUT2D eigenvalue weighted by Crippen LogP contribution is -2.69. The van der Waals surface area contributed by atoms with Crippen LogP contribution in [0.4, 0.5) is 4.79 Å². The number of nitrogens with two attached hydrogens (primary N) is 1. The number of nitrogens with zero attached hydrogens (tertiary/aromatic N) is 1. The third-order valence-corrected chi connectivity index (χ3v) is 6.28. The van der Waals surface area contributed by atoms with Crippen LogP contribution in [-0.2, 0) is 16.6 Å². The lowest BCUT2D eigenvalue weighted by molar-refractivity contribution is -0.0577. The number of hydrogen-bond acceptors (Lipinski definition) is 3. The van der Waals surface area contributed by atoms with E-state index in [1.165, 1.54) is 6.07 Å². The van der Waals surface area contributed by atoms with Crippen molar-refractivity contribution in [2.45, 2.75) is 44.2 Å². The van der Waals surface area contributed by atoms with Gasteiger partial charge in [0.25, 0.3) is 0 Å². The van der Waals surface area contributed by atoms with E-state index in [0.29, 0.717) is 11.5 Å². The number of carbonyl (C=O) groups excluding carboxylic acids is 1. The van der Waals surface area contributed by atoms with Crippen LogP contribution in [0.1, 0.15) is 32.3 Å². The summed E-state index contributed by atoms with van der Waals surface area (Å²) in [5.41, 5.74) is 0.682. The zero-order valence-electron chi connectivity index (χ0n) is 14.6. The summed E-state index contributed by atoms with van der Waals surface area (Å²) in [6.45, 7) is 5.16. The van der Waals surface area contributed by atoms with Gasteiger partial charge in [-0.1, -0.05) is 44.2 Å². The lowest BCUT2D eigenvalue weighted by atomic mass is 9.65. The number of rotatable bonds is 4. The zero-order valence-corrected chi connectivity index (χ0v) is 15.4. The number of nitrogens with one attached hydrogen (secondary N) is 1. The van der Waals surface area contributed by atoms with Crippen LogP contribution in [0.3, 0.4) is 0 Å². The van der Waals surface area contributed by atoms with E-state index in [1.807, 2.05) is 4.90 Å². The summed E-state index contributed by atoms with van der Waals surface area (Å²) >= 11 is 0. The molecule has 1 saturated heterocycles. The summed E-state index contributed by atoms with van der Waals surface area (Å²) in [5, 5.41) is 8.09. The molecular formula is C18H25N3O3S. The number of allylic oxidation sites excluding steroid dienone is 2. The molecule has 2 amide bonds. The molecule has 0 bridgehead atoms. The van der Waals surface area contributed by atoms with Crippen LogP contribution in [0.15, 0.2) is 41.3 Å². The van der Waals surface area contributed by atoms with Gasteiger partial charge in [0.2, 0.25) is 10.0 Å². The number of amides is 2. The quantitative estimate of drug-likeness (QED) is 0.803. The topological polar surface area (TPSA) is 92.5 Å². The third kappa shape index (κ3) is 3.30. The number of primary sulfonamides is 1. The number of hydrogen-bond donors (Lipinski definition) is 2. The average molecular weight is 363 g/mol. The van der Waals surface area contributed by atoms with Crippen LogP contribution in [0.5, 0.6) is 0 Å². The number of benzene rings is 1. The monoisotopic (exact) mass is 363 g/mol. The highest BCUT2D eigenvalue weighted by atomic mass is 32.2. The Morgan fingerprint density at radius 2 is 1.96 bits per heavy atom. The van der Waals surface area contributed by atoms with Gasteiger partial charge in [-0.15, -0.1) is 0 Å². The Hall–Kier alpha value is -1.86. The van der Waals surface area contributed by atoms with Gasteiger partial charge in [0.05, 0.1) is 4.90 Å². The predicted molar refractivity (Wildman–Crippen MR) is 96.2 cm³/mol. The lowest BCUT2D eigenvalue weighted by Gasteiger charge is -2.58. The summed E-state index contributed by atoms with van der Waals surface area (Å²) in [6.07, 6.45) is 6.45. The fourth-order valence-corrected chi connectivity index (χ4v) is 5.08. The van der Waals surface area contributed by atoms with Crippen LogP contribution in [-0.4, -0.2) is 31.9 Å². The molecule has 1 aromatic rings. The summed E-state index contributed by atoms with van der Waals surface area (Å²) in [6, 6.07) is 6.52. The number of sulfonamides is 1. The van der Waals surface area contributed by atoms with Gasteiger partial charge in [0.1, 0.15) is 0 Å². The minimum absolute atomic E-state index is 0.0517. The number of carbonyl (C=O) groups is 1. The van der Waals surface area contributed by atoms with Crippen LogP contribution in [0.25, 0.3) is 0 Å². The summed E-state index contributed by atoms with van der Waals surface area (Å²) in [4.78, 5) is 14.6. The SMILES string of the molecule is CC(C)C1N(C(=O)NCc2ccccc2S(N)(=O)=O)CC12CC=CC2. The Bertz CT molecular complexity index is 794. The minimum Gasteiger partial charge on any atom is -0.334 e. The average Bonchev–Trinajstić information content (AvgIpc) is 3.00. The van der Waals surface area contributed by atoms with E-state index in [-0.39, 0.29) is 28.9 Å². The molecule has 1 unspecified atom stereocenters. The largest absolute Gasteiger partial charge is 0.334 e. The molecule has 3 N–H and O–H groups in total. The second kappa shape index (κ2) is 6.46. The fourth-order valence-electron chi connectivity index (χ4n) is 4.30. The van der Waals surface area contributed by atoms with Crippen molar-refractivity contribution in [3.63, 3.8) is 0 Å². The number of likely N-dealkylation sites (tertiary alicyclic amines) is 1. The first kappa shape index (κ1) is 17.9. The van der Waals surface area contributed by atoms with Crippen molar-refractivity contribution in [3.8, 4) is 0 Å². The molecule has 6 nitrogen and oxygen atoms in total. The molecule has 1 spiro atoms. The molecule has 1 aliphatic heterocycles. The normalized spacial score (nSPS) is 21.6. The highest BCUT2D eigenvalue weighted by molar-refractivity contribution is 7.89. The molecule has 1 fully saturated rings. The molecule has 2 aliphatic rings. The maximum Gasteiger partial charge on any atom is 0.317 e. The second-order valence-electron chi connectivity index (χ2n) is 7.37. The van der Waals surface area contributed by atoms with Crippen molar-refractivity contribution in [2.75, 3.05) is 6.54 Å². The Labute approximate surface area is 149 Å². The zero-order chi connectivity index (χ0) is 18.2. The maximum absolute atomic E-state index is 12.6. The van der Waals surface area contributed by atoms with Gasteiger partial charge in [-0.3, -0.25) is 0 Å². The van der Waals surface area contributed by atoms with Crippen LogP contribution in [0.2, 0.25) is 0 Å². The highest BCUT2D eigenvalue weighted by Crippen LogP contribution is 2.50. The first-order valence-electron chi connectivity index (χ1n) is 8.55. The first-order chi connectivity index (χ1) is 11.7. The molecule has 25 heavy (non-hydrogen) atoms. The van der Waals surface area contributed by atoms with Crippen molar-refractivity contribution in [2.24, 2.45) is 16.5 Å². The van der Waals surface area contributed by atoms with E-state index in [9.17, 15) is 13.2 Å². The molecule has 1 heterocycles. The van der Waals surface area contributed by atoms with Gasteiger partial charge in [-0.05, 0) is 30.4 Å². The van der Waals surface area contributed by atoms with Gasteiger partial charge in [0, 0.05) is 24.5 Å². The van der Waals surface area contributed by atoms with Gasteiger partial charge < -0.3 is 10.2 Å². The first-order valence-corrected chi connectivity index (χ1v) is 10.1. The van der Waals surface area contributed by atoms with Crippen LogP contribution < -0.4 is 10.5 Å². The third-order valence-electron chi connectivity index (χ3n) is 5.27.